The second-order valence-corrected chi connectivity index (χ2v) is 5.74. The summed E-state index contributed by atoms with van der Waals surface area (Å²) in [6, 6.07) is 0. The second-order valence-electron chi connectivity index (χ2n) is 5.74. The normalized spacial score (nSPS) is 17.4. The maximum atomic E-state index is 11.1. The van der Waals surface area contributed by atoms with Crippen molar-refractivity contribution >= 4 is 11.9 Å². The lowest BCUT2D eigenvalue weighted by molar-refractivity contribution is -0.140. The van der Waals surface area contributed by atoms with E-state index < -0.39 is 0 Å². The summed E-state index contributed by atoms with van der Waals surface area (Å²) in [5, 5.41) is 0. The minimum absolute atomic E-state index is 0.0289. The molecule has 0 aromatic carbocycles. The highest BCUT2D eigenvalue weighted by atomic mass is 16.5. The minimum atomic E-state index is -0.234. The first kappa shape index (κ1) is 24.4. The molecule has 1 atom stereocenters. The summed E-state index contributed by atoms with van der Waals surface area (Å²) in [5.74, 6) is 0.545. The molecule has 1 fully saturated rings. The molecule has 150 valence electrons. The van der Waals surface area contributed by atoms with Crippen molar-refractivity contribution in [1.82, 2.24) is 0 Å². The first-order chi connectivity index (χ1) is 13.1. The highest BCUT2D eigenvalue weighted by molar-refractivity contribution is 5.89. The van der Waals surface area contributed by atoms with E-state index >= 15 is 0 Å². The molecule has 0 N–H and O–H groups in total. The van der Waals surface area contributed by atoms with Crippen LogP contribution in [0.25, 0.3) is 0 Å². The lowest BCUT2D eigenvalue weighted by Crippen LogP contribution is -2.06. The van der Waals surface area contributed by atoms with Gasteiger partial charge in [-0.25, -0.2) is 4.79 Å². The molecule has 0 bridgehead atoms. The summed E-state index contributed by atoms with van der Waals surface area (Å²) in [6.45, 7) is 12.1. The lowest BCUT2D eigenvalue weighted by atomic mass is 10.1. The fraction of sp³-hybridized carbons (Fsp3) is 0.455. The van der Waals surface area contributed by atoms with Gasteiger partial charge in [-0.3, -0.25) is 4.79 Å². The van der Waals surface area contributed by atoms with Crippen molar-refractivity contribution in [2.75, 3.05) is 13.7 Å². The molecular weight excluding hydrogens is 344 g/mol. The van der Waals surface area contributed by atoms with Crippen molar-refractivity contribution in [3.8, 4) is 0 Å². The first-order valence-electron chi connectivity index (χ1n) is 9.18. The van der Waals surface area contributed by atoms with Crippen LogP contribution in [-0.4, -0.2) is 31.8 Å². The summed E-state index contributed by atoms with van der Waals surface area (Å²) < 4.78 is 15.1. The van der Waals surface area contributed by atoms with Crippen LogP contribution in [0.15, 0.2) is 61.4 Å². The van der Waals surface area contributed by atoms with Crippen molar-refractivity contribution in [3.63, 3.8) is 0 Å². The molecule has 0 aromatic heterocycles. The van der Waals surface area contributed by atoms with Crippen LogP contribution in [0.1, 0.15) is 45.4 Å². The van der Waals surface area contributed by atoms with Gasteiger partial charge < -0.3 is 14.2 Å². The average Bonchev–Trinajstić information content (AvgIpc) is 2.88. The predicted molar refractivity (Wildman–Crippen MR) is 108 cm³/mol. The molecule has 5 heteroatoms. The van der Waals surface area contributed by atoms with E-state index in [1.165, 1.54) is 7.11 Å². The quantitative estimate of drug-likeness (QED) is 0.276. The number of cyclic esters (lactones) is 1. The van der Waals surface area contributed by atoms with Crippen LogP contribution in [0.5, 0.6) is 0 Å². The Morgan fingerprint density at radius 1 is 1.30 bits per heavy atom. The van der Waals surface area contributed by atoms with Crippen LogP contribution in [0.3, 0.4) is 0 Å². The Morgan fingerprint density at radius 2 is 2.04 bits per heavy atom. The van der Waals surface area contributed by atoms with Gasteiger partial charge in [0.15, 0.2) is 0 Å². The summed E-state index contributed by atoms with van der Waals surface area (Å²) in [6.07, 6.45) is 15.1. The monoisotopic (exact) mass is 376 g/mol. The molecule has 2 rings (SSSR count). The Bertz CT molecular complexity index is 535. The van der Waals surface area contributed by atoms with Crippen molar-refractivity contribution in [2.45, 2.75) is 51.6 Å². The number of rotatable bonds is 7. The SMILES string of the molecule is C=C.C=C1CC(CCCCOC2=CCC=CC=C2)OC1=O.CCC(=O)OC. The molecule has 1 aliphatic heterocycles. The largest absolute Gasteiger partial charge is 0.494 e. The first-order valence-corrected chi connectivity index (χ1v) is 9.18. The van der Waals surface area contributed by atoms with Crippen LogP contribution in [0.4, 0.5) is 0 Å². The van der Waals surface area contributed by atoms with E-state index in [0.717, 1.165) is 31.4 Å². The topological polar surface area (TPSA) is 61.8 Å². The molecule has 1 aliphatic carbocycles. The summed E-state index contributed by atoms with van der Waals surface area (Å²) in [7, 11) is 1.38. The zero-order valence-electron chi connectivity index (χ0n) is 16.6. The van der Waals surface area contributed by atoms with Gasteiger partial charge in [0, 0.05) is 18.4 Å². The van der Waals surface area contributed by atoms with Gasteiger partial charge >= 0.3 is 11.9 Å². The lowest BCUT2D eigenvalue weighted by Gasteiger charge is -2.09. The van der Waals surface area contributed by atoms with E-state index in [4.69, 9.17) is 9.47 Å². The second kappa shape index (κ2) is 15.7. The van der Waals surface area contributed by atoms with Crippen LogP contribution in [-0.2, 0) is 23.8 Å². The number of hydrogen-bond donors (Lipinski definition) is 0. The van der Waals surface area contributed by atoms with Crippen molar-refractivity contribution < 1.29 is 23.8 Å². The molecule has 2 aliphatic rings. The molecule has 0 amide bonds. The Labute approximate surface area is 163 Å². The van der Waals surface area contributed by atoms with Crippen molar-refractivity contribution in [3.05, 3.63) is 61.4 Å². The van der Waals surface area contributed by atoms with Gasteiger partial charge in [-0.15, -0.1) is 13.2 Å². The van der Waals surface area contributed by atoms with Gasteiger partial charge in [-0.2, -0.15) is 0 Å². The number of allylic oxidation sites excluding steroid dienone is 5. The molecule has 5 nitrogen and oxygen atoms in total. The van der Waals surface area contributed by atoms with E-state index in [1.54, 1.807) is 6.92 Å². The fourth-order valence-corrected chi connectivity index (χ4v) is 2.27. The number of hydrogen-bond acceptors (Lipinski definition) is 5. The molecule has 1 unspecified atom stereocenters. The van der Waals surface area contributed by atoms with Gasteiger partial charge in [0.25, 0.3) is 0 Å². The van der Waals surface area contributed by atoms with E-state index in [1.807, 2.05) is 18.2 Å². The Kier molecular flexibility index (Phi) is 14.2. The smallest absolute Gasteiger partial charge is 0.333 e. The third-order valence-corrected chi connectivity index (χ3v) is 3.70. The summed E-state index contributed by atoms with van der Waals surface area (Å²) in [5.41, 5.74) is 0.600. The van der Waals surface area contributed by atoms with Crippen LogP contribution in [0, 0.1) is 0 Å². The van der Waals surface area contributed by atoms with E-state index in [0.29, 0.717) is 25.0 Å². The molecule has 0 radical (unpaired) electrons. The minimum Gasteiger partial charge on any atom is -0.494 e. The fourth-order valence-electron chi connectivity index (χ4n) is 2.27. The average molecular weight is 376 g/mol. The number of methoxy groups -OCH3 is 1. The zero-order chi connectivity index (χ0) is 20.5. The van der Waals surface area contributed by atoms with E-state index in [9.17, 15) is 9.59 Å². The molecule has 1 saturated heterocycles. The van der Waals surface area contributed by atoms with Crippen LogP contribution < -0.4 is 0 Å². The van der Waals surface area contributed by atoms with Gasteiger partial charge in [0.2, 0.25) is 0 Å². The molecule has 0 spiro atoms. The van der Waals surface area contributed by atoms with Gasteiger partial charge in [-0.1, -0.05) is 31.7 Å². The third kappa shape index (κ3) is 11.6. The molecular formula is C22H32O5. The Morgan fingerprint density at radius 3 is 2.59 bits per heavy atom. The Balaban J connectivity index is 0.000000722. The van der Waals surface area contributed by atoms with Crippen LogP contribution >= 0.6 is 0 Å². The number of carbonyl (C=O) groups excluding carboxylic acids is 2. The molecule has 0 saturated carbocycles. The van der Waals surface area contributed by atoms with E-state index in [-0.39, 0.29) is 18.0 Å². The highest BCUT2D eigenvalue weighted by Crippen LogP contribution is 2.22. The molecule has 27 heavy (non-hydrogen) atoms. The van der Waals surface area contributed by atoms with Crippen LogP contribution in [0.2, 0.25) is 0 Å². The van der Waals surface area contributed by atoms with Crippen molar-refractivity contribution in [1.29, 1.82) is 0 Å². The highest BCUT2D eigenvalue weighted by Gasteiger charge is 2.26. The summed E-state index contributed by atoms with van der Waals surface area (Å²) in [4.78, 5) is 21.1. The molecule has 0 aromatic rings. The Hall–Kier alpha value is -2.56. The number of esters is 2. The number of ether oxygens (including phenoxy) is 3. The predicted octanol–water partition coefficient (Wildman–Crippen LogP) is 4.82. The van der Waals surface area contributed by atoms with Gasteiger partial charge in [0.1, 0.15) is 11.9 Å². The maximum absolute atomic E-state index is 11.1. The number of unbranched alkanes of at least 4 members (excludes halogenated alkanes) is 1. The molecule has 1 heterocycles. The van der Waals surface area contributed by atoms with E-state index in [2.05, 4.69) is 36.6 Å². The number of carbonyl (C=O) groups is 2. The third-order valence-electron chi connectivity index (χ3n) is 3.70. The standard InChI is InChI=1S/C16H20O3.C4H8O2.C2H4/c1-13-12-15(19-16(13)17)10-6-7-11-18-14-8-4-2-3-5-9-14;1-3-4(5)6-2;1-2/h2-4,8-9,15H,1,5-7,10-12H2;3H2,1-2H3;1-2H2. The summed E-state index contributed by atoms with van der Waals surface area (Å²) >= 11 is 0. The zero-order valence-corrected chi connectivity index (χ0v) is 16.6. The maximum Gasteiger partial charge on any atom is 0.333 e. The van der Waals surface area contributed by atoms with Gasteiger partial charge in [-0.05, 0) is 37.8 Å². The van der Waals surface area contributed by atoms with Gasteiger partial charge in [0.05, 0.1) is 13.7 Å². The van der Waals surface area contributed by atoms with Crippen molar-refractivity contribution in [2.24, 2.45) is 0 Å².